The summed E-state index contributed by atoms with van der Waals surface area (Å²) in [5.74, 6) is 1.13. The van der Waals surface area contributed by atoms with E-state index in [-0.39, 0.29) is 6.04 Å². The Morgan fingerprint density at radius 2 is 1.19 bits per heavy atom. The summed E-state index contributed by atoms with van der Waals surface area (Å²) in [4.78, 5) is 8.09. The molecule has 0 amide bonds. The van der Waals surface area contributed by atoms with Gasteiger partial charge in [0, 0.05) is 12.5 Å². The number of unbranched alkanes of at least 4 members (excludes halogenated alkanes) is 14. The number of aryl methyl sites for hydroxylation is 2. The molecule has 1 aromatic heterocycles. The van der Waals surface area contributed by atoms with Gasteiger partial charge in [0.2, 0.25) is 0 Å². The van der Waals surface area contributed by atoms with Crippen molar-refractivity contribution < 1.29 is 0 Å². The lowest BCUT2D eigenvalue weighted by Crippen LogP contribution is -2.10. The van der Waals surface area contributed by atoms with Gasteiger partial charge in [0.15, 0.2) is 0 Å². The van der Waals surface area contributed by atoms with Gasteiger partial charge in [-0.05, 0) is 19.8 Å². The van der Waals surface area contributed by atoms with Crippen LogP contribution in [0.5, 0.6) is 0 Å². The molecule has 158 valence electrons. The average molecular weight is 378 g/mol. The SMILES string of the molecule is CCCCCCCCCCCCCCCCCc1nc(C)c(C(N)CC)[nH]1. The molecule has 0 radical (unpaired) electrons. The Bertz CT molecular complexity index is 452. The molecular weight excluding hydrogens is 330 g/mol. The first kappa shape index (κ1) is 24.2. The average Bonchev–Trinajstić information content (AvgIpc) is 3.04. The highest BCUT2D eigenvalue weighted by Gasteiger charge is 2.11. The Labute approximate surface area is 169 Å². The number of nitrogens with zero attached hydrogens (tertiary/aromatic N) is 1. The smallest absolute Gasteiger partial charge is 0.106 e. The molecule has 0 saturated carbocycles. The molecule has 1 atom stereocenters. The summed E-state index contributed by atoms with van der Waals surface area (Å²) in [5.41, 5.74) is 8.34. The monoisotopic (exact) mass is 377 g/mol. The zero-order valence-corrected chi connectivity index (χ0v) is 18.6. The van der Waals surface area contributed by atoms with Crippen LogP contribution in [0.15, 0.2) is 0 Å². The Hall–Kier alpha value is -0.830. The van der Waals surface area contributed by atoms with Crippen LogP contribution >= 0.6 is 0 Å². The number of aromatic amines is 1. The van der Waals surface area contributed by atoms with Crippen LogP contribution in [0.2, 0.25) is 0 Å². The molecule has 1 unspecified atom stereocenters. The van der Waals surface area contributed by atoms with Gasteiger partial charge in [-0.25, -0.2) is 4.98 Å². The van der Waals surface area contributed by atoms with E-state index in [4.69, 9.17) is 5.73 Å². The van der Waals surface area contributed by atoms with Gasteiger partial charge < -0.3 is 10.7 Å². The van der Waals surface area contributed by atoms with Gasteiger partial charge in [0.05, 0.1) is 11.4 Å². The second-order valence-electron chi connectivity index (χ2n) is 8.40. The summed E-state index contributed by atoms with van der Waals surface area (Å²) >= 11 is 0. The molecule has 1 heterocycles. The fraction of sp³-hybridized carbons (Fsp3) is 0.875. The predicted octanol–water partition coefficient (Wildman–Crippen LogP) is 7.54. The van der Waals surface area contributed by atoms with E-state index < -0.39 is 0 Å². The van der Waals surface area contributed by atoms with Crippen LogP contribution in [-0.2, 0) is 6.42 Å². The maximum atomic E-state index is 6.12. The molecule has 0 aliphatic rings. The van der Waals surface area contributed by atoms with E-state index in [2.05, 4.69) is 30.7 Å². The number of hydrogen-bond acceptors (Lipinski definition) is 2. The summed E-state index contributed by atoms with van der Waals surface area (Å²) in [7, 11) is 0. The highest BCUT2D eigenvalue weighted by molar-refractivity contribution is 5.16. The number of aromatic nitrogens is 2. The third-order valence-corrected chi connectivity index (χ3v) is 5.80. The molecule has 27 heavy (non-hydrogen) atoms. The van der Waals surface area contributed by atoms with Crippen LogP contribution in [0.4, 0.5) is 0 Å². The lowest BCUT2D eigenvalue weighted by atomic mass is 10.0. The maximum absolute atomic E-state index is 6.12. The predicted molar refractivity (Wildman–Crippen MR) is 119 cm³/mol. The lowest BCUT2D eigenvalue weighted by Gasteiger charge is -2.06. The normalized spacial score (nSPS) is 12.6. The van der Waals surface area contributed by atoms with Gasteiger partial charge >= 0.3 is 0 Å². The number of rotatable bonds is 18. The number of imidazole rings is 1. The van der Waals surface area contributed by atoms with E-state index in [1.165, 1.54) is 96.3 Å². The molecule has 0 bridgehead atoms. The van der Waals surface area contributed by atoms with Crippen LogP contribution < -0.4 is 5.73 Å². The molecule has 1 rings (SSSR count). The standard InChI is InChI=1S/C24H47N3/c1-4-6-7-8-9-10-11-12-13-14-15-16-17-18-19-20-23-26-21(3)24(27-23)22(25)5-2/h22H,4-20,25H2,1-3H3,(H,26,27). The minimum atomic E-state index is 0.104. The third kappa shape index (κ3) is 11.6. The molecule has 0 aromatic carbocycles. The molecule has 3 N–H and O–H groups in total. The van der Waals surface area contributed by atoms with E-state index in [0.717, 1.165) is 30.1 Å². The van der Waals surface area contributed by atoms with E-state index in [1.807, 2.05) is 0 Å². The third-order valence-electron chi connectivity index (χ3n) is 5.80. The first-order chi connectivity index (χ1) is 13.2. The number of nitrogens with one attached hydrogen (secondary N) is 1. The minimum absolute atomic E-state index is 0.104. The first-order valence-electron chi connectivity index (χ1n) is 12.0. The highest BCUT2D eigenvalue weighted by Crippen LogP contribution is 2.17. The van der Waals surface area contributed by atoms with Crippen molar-refractivity contribution in [3.05, 3.63) is 17.2 Å². The molecule has 0 aliphatic carbocycles. The highest BCUT2D eigenvalue weighted by atomic mass is 15.0. The molecule has 0 aliphatic heterocycles. The van der Waals surface area contributed by atoms with Crippen LogP contribution in [-0.4, -0.2) is 9.97 Å². The Morgan fingerprint density at radius 3 is 1.63 bits per heavy atom. The van der Waals surface area contributed by atoms with Gasteiger partial charge in [-0.15, -0.1) is 0 Å². The van der Waals surface area contributed by atoms with Gasteiger partial charge in [-0.1, -0.05) is 104 Å². The molecule has 3 nitrogen and oxygen atoms in total. The van der Waals surface area contributed by atoms with Gasteiger partial charge in [-0.3, -0.25) is 0 Å². The summed E-state index contributed by atoms with van der Waals surface area (Å²) in [6.07, 6.45) is 23.2. The number of H-pyrrole nitrogens is 1. The molecule has 0 spiro atoms. The second-order valence-corrected chi connectivity index (χ2v) is 8.40. The zero-order chi connectivity index (χ0) is 19.7. The summed E-state index contributed by atoms with van der Waals surface area (Å²) in [6, 6.07) is 0.104. The fourth-order valence-electron chi connectivity index (χ4n) is 3.88. The van der Waals surface area contributed by atoms with Crippen LogP contribution in [0.3, 0.4) is 0 Å². The fourth-order valence-corrected chi connectivity index (χ4v) is 3.88. The van der Waals surface area contributed by atoms with Gasteiger partial charge in [0.25, 0.3) is 0 Å². The number of hydrogen-bond donors (Lipinski definition) is 2. The van der Waals surface area contributed by atoms with Crippen molar-refractivity contribution >= 4 is 0 Å². The van der Waals surface area contributed by atoms with Crippen molar-refractivity contribution in [2.45, 2.75) is 136 Å². The van der Waals surface area contributed by atoms with Crippen molar-refractivity contribution in [1.29, 1.82) is 0 Å². The van der Waals surface area contributed by atoms with Gasteiger partial charge in [0.1, 0.15) is 5.82 Å². The minimum Gasteiger partial charge on any atom is -0.344 e. The summed E-state index contributed by atoms with van der Waals surface area (Å²) < 4.78 is 0. The lowest BCUT2D eigenvalue weighted by molar-refractivity contribution is 0.531. The summed E-state index contributed by atoms with van der Waals surface area (Å²) in [5, 5.41) is 0. The van der Waals surface area contributed by atoms with Crippen LogP contribution in [0.1, 0.15) is 140 Å². The van der Waals surface area contributed by atoms with Crippen LogP contribution in [0.25, 0.3) is 0 Å². The molecule has 0 saturated heterocycles. The first-order valence-corrected chi connectivity index (χ1v) is 12.0. The molecule has 3 heteroatoms. The van der Waals surface area contributed by atoms with E-state index >= 15 is 0 Å². The second kappa shape index (κ2) is 16.2. The van der Waals surface area contributed by atoms with Crippen molar-refractivity contribution in [2.75, 3.05) is 0 Å². The Kier molecular flexibility index (Phi) is 14.5. The Balaban J connectivity index is 1.88. The molecule has 0 fully saturated rings. The number of nitrogens with two attached hydrogens (primary N) is 1. The summed E-state index contributed by atoms with van der Waals surface area (Å²) in [6.45, 7) is 6.48. The van der Waals surface area contributed by atoms with E-state index in [1.54, 1.807) is 0 Å². The van der Waals surface area contributed by atoms with Crippen molar-refractivity contribution in [3.63, 3.8) is 0 Å². The van der Waals surface area contributed by atoms with Crippen molar-refractivity contribution in [2.24, 2.45) is 5.73 Å². The zero-order valence-electron chi connectivity index (χ0n) is 18.6. The van der Waals surface area contributed by atoms with E-state index in [9.17, 15) is 0 Å². The molecular formula is C24H47N3. The quantitative estimate of drug-likeness (QED) is 0.260. The molecule has 1 aromatic rings. The van der Waals surface area contributed by atoms with Crippen LogP contribution in [0, 0.1) is 6.92 Å². The van der Waals surface area contributed by atoms with E-state index in [0.29, 0.717) is 0 Å². The maximum Gasteiger partial charge on any atom is 0.106 e. The largest absolute Gasteiger partial charge is 0.344 e. The van der Waals surface area contributed by atoms with Crippen molar-refractivity contribution in [3.8, 4) is 0 Å². The topological polar surface area (TPSA) is 54.7 Å². The Morgan fingerprint density at radius 1 is 0.741 bits per heavy atom. The van der Waals surface area contributed by atoms with Crippen molar-refractivity contribution in [1.82, 2.24) is 9.97 Å². The van der Waals surface area contributed by atoms with Gasteiger partial charge in [-0.2, -0.15) is 0 Å².